The Hall–Kier alpha value is -2.87. The van der Waals surface area contributed by atoms with E-state index in [1.165, 1.54) is 33.6 Å². The van der Waals surface area contributed by atoms with Crippen molar-refractivity contribution in [2.45, 2.75) is 49.1 Å². The van der Waals surface area contributed by atoms with E-state index in [-0.39, 0.29) is 24.2 Å². The molecule has 1 aromatic heterocycles. The Balaban J connectivity index is 1.41. The van der Waals surface area contributed by atoms with Crippen LogP contribution in [0, 0.1) is 5.82 Å². The number of hydrogen-bond donors (Lipinski definition) is 2. The second-order valence-corrected chi connectivity index (χ2v) is 8.76. The third kappa shape index (κ3) is 4.33. The minimum absolute atomic E-state index is 0.0258. The van der Waals surface area contributed by atoms with Crippen molar-refractivity contribution >= 4 is 17.7 Å². The minimum atomic E-state index is -0.396. The van der Waals surface area contributed by atoms with Gasteiger partial charge in [-0.25, -0.2) is 9.07 Å². The number of nitrogens with two attached hydrogens (primary N) is 1. The number of carbonyl (C=O) groups is 1. The molecule has 2 unspecified atom stereocenters. The van der Waals surface area contributed by atoms with Crippen LogP contribution in [0.2, 0.25) is 0 Å². The molecule has 0 fully saturated rings. The molecule has 0 saturated heterocycles. The number of fused-ring (bicyclic) bond motifs is 1. The van der Waals surface area contributed by atoms with E-state index in [4.69, 9.17) is 5.84 Å². The van der Waals surface area contributed by atoms with Gasteiger partial charge < -0.3 is 11.2 Å². The van der Waals surface area contributed by atoms with Gasteiger partial charge in [-0.15, -0.1) is 10.2 Å². The lowest BCUT2D eigenvalue weighted by molar-refractivity contribution is -0.121. The number of thioether (sulfide) groups is 1. The molecule has 6 nitrogen and oxygen atoms in total. The molecule has 0 spiro atoms. The molecule has 8 heteroatoms. The molecule has 1 heterocycles. The molecule has 1 amide bonds. The normalized spacial score (nSPS) is 16.7. The lowest BCUT2D eigenvalue weighted by Gasteiger charge is -2.27. The summed E-state index contributed by atoms with van der Waals surface area (Å²) in [6.07, 6.45) is 3.27. The van der Waals surface area contributed by atoms with E-state index in [1.807, 2.05) is 19.1 Å². The molecule has 3 N–H and O–H groups in total. The fourth-order valence-corrected chi connectivity index (χ4v) is 4.52. The van der Waals surface area contributed by atoms with E-state index in [0.717, 1.165) is 19.3 Å². The summed E-state index contributed by atoms with van der Waals surface area (Å²) in [6, 6.07) is 14.8. The van der Waals surface area contributed by atoms with Crippen molar-refractivity contribution in [3.63, 3.8) is 0 Å². The maximum absolute atomic E-state index is 13.9. The Labute approximate surface area is 179 Å². The zero-order valence-corrected chi connectivity index (χ0v) is 17.5. The van der Waals surface area contributed by atoms with Gasteiger partial charge in [-0.1, -0.05) is 54.2 Å². The average Bonchev–Trinajstić information content (AvgIpc) is 3.09. The first-order valence-corrected chi connectivity index (χ1v) is 10.9. The van der Waals surface area contributed by atoms with Crippen LogP contribution in [0.3, 0.4) is 0 Å². The van der Waals surface area contributed by atoms with Gasteiger partial charge in [-0.2, -0.15) is 0 Å². The van der Waals surface area contributed by atoms with E-state index in [9.17, 15) is 9.18 Å². The maximum Gasteiger partial charge on any atom is 0.233 e. The van der Waals surface area contributed by atoms with Crippen molar-refractivity contribution in [1.29, 1.82) is 0 Å². The first-order chi connectivity index (χ1) is 14.5. The Bertz CT molecular complexity index is 1050. The van der Waals surface area contributed by atoms with Crippen LogP contribution >= 0.6 is 11.8 Å². The Morgan fingerprint density at radius 1 is 1.27 bits per heavy atom. The Morgan fingerprint density at radius 3 is 2.87 bits per heavy atom. The summed E-state index contributed by atoms with van der Waals surface area (Å²) >= 11 is 1.24. The monoisotopic (exact) mass is 425 g/mol. The van der Waals surface area contributed by atoms with E-state index in [2.05, 4.69) is 27.6 Å². The first kappa shape index (κ1) is 20.4. The van der Waals surface area contributed by atoms with E-state index in [0.29, 0.717) is 16.5 Å². The summed E-state index contributed by atoms with van der Waals surface area (Å²) in [5, 5.41) is 11.4. The molecule has 2 aromatic carbocycles. The summed E-state index contributed by atoms with van der Waals surface area (Å²) in [7, 11) is 0. The van der Waals surface area contributed by atoms with Crippen LogP contribution in [0.4, 0.5) is 4.39 Å². The zero-order valence-electron chi connectivity index (χ0n) is 16.7. The van der Waals surface area contributed by atoms with Gasteiger partial charge in [0.05, 0.1) is 11.3 Å². The number of amides is 1. The lowest BCUT2D eigenvalue weighted by atomic mass is 9.88. The lowest BCUT2D eigenvalue weighted by Crippen LogP contribution is -2.36. The highest BCUT2D eigenvalue weighted by atomic mass is 32.2. The third-order valence-corrected chi connectivity index (χ3v) is 6.44. The molecule has 1 aliphatic rings. The largest absolute Gasteiger partial charge is 0.348 e. The van der Waals surface area contributed by atoms with Gasteiger partial charge in [-0.3, -0.25) is 4.79 Å². The number of halogens is 1. The van der Waals surface area contributed by atoms with E-state index in [1.54, 1.807) is 18.2 Å². The quantitative estimate of drug-likeness (QED) is 0.467. The second-order valence-electron chi connectivity index (χ2n) is 7.45. The smallest absolute Gasteiger partial charge is 0.233 e. The van der Waals surface area contributed by atoms with Gasteiger partial charge in [0.15, 0.2) is 5.82 Å². The highest BCUT2D eigenvalue weighted by molar-refractivity contribution is 8.00. The molecular weight excluding hydrogens is 401 g/mol. The second kappa shape index (κ2) is 8.87. The average molecular weight is 426 g/mol. The van der Waals surface area contributed by atoms with Crippen LogP contribution in [0.5, 0.6) is 0 Å². The fourth-order valence-electron chi connectivity index (χ4n) is 3.72. The predicted molar refractivity (Wildman–Crippen MR) is 115 cm³/mol. The van der Waals surface area contributed by atoms with Crippen molar-refractivity contribution in [3.8, 4) is 0 Å². The number of nitrogen functional groups attached to an aromatic ring is 1. The third-order valence-electron chi connectivity index (χ3n) is 5.38. The molecule has 4 rings (SSSR count). The van der Waals surface area contributed by atoms with Gasteiger partial charge in [0.1, 0.15) is 5.82 Å². The highest BCUT2D eigenvalue weighted by Crippen LogP contribution is 2.30. The standard InChI is InChI=1S/C22H24FN5OS/c1-14(21(29)25-19-12-6-9-15-7-2-4-10-17(15)19)30-22-27-26-20(28(22)24)13-16-8-3-5-11-18(16)23/h2-5,7-8,10-11,14,19H,6,9,12-13,24H2,1H3,(H,25,29). The van der Waals surface area contributed by atoms with Gasteiger partial charge in [-0.05, 0) is 48.9 Å². The van der Waals surface area contributed by atoms with E-state index < -0.39 is 5.25 Å². The molecule has 0 bridgehead atoms. The number of nitrogens with zero attached hydrogens (tertiary/aromatic N) is 3. The molecule has 30 heavy (non-hydrogen) atoms. The van der Waals surface area contributed by atoms with Crippen LogP contribution in [0.1, 0.15) is 48.3 Å². The maximum atomic E-state index is 13.9. The van der Waals surface area contributed by atoms with E-state index >= 15 is 0 Å². The number of hydrogen-bond acceptors (Lipinski definition) is 5. The van der Waals surface area contributed by atoms with Gasteiger partial charge in [0.2, 0.25) is 11.1 Å². The van der Waals surface area contributed by atoms with Crippen molar-refractivity contribution < 1.29 is 9.18 Å². The molecule has 2 atom stereocenters. The summed E-state index contributed by atoms with van der Waals surface area (Å²) in [6.45, 7) is 1.82. The summed E-state index contributed by atoms with van der Waals surface area (Å²) < 4.78 is 15.2. The number of nitrogens with one attached hydrogen (secondary N) is 1. The number of aromatic nitrogens is 3. The molecule has 0 saturated carbocycles. The highest BCUT2D eigenvalue weighted by Gasteiger charge is 2.25. The van der Waals surface area contributed by atoms with Crippen molar-refractivity contribution in [3.05, 3.63) is 76.9 Å². The molecule has 156 valence electrons. The number of rotatable bonds is 6. The predicted octanol–water partition coefficient (Wildman–Crippen LogP) is 3.40. The van der Waals surface area contributed by atoms with Crippen molar-refractivity contribution in [2.24, 2.45) is 0 Å². The van der Waals surface area contributed by atoms with Crippen LogP contribution < -0.4 is 11.2 Å². The molecule has 0 radical (unpaired) electrons. The molecule has 3 aromatic rings. The summed E-state index contributed by atoms with van der Waals surface area (Å²) in [5.74, 6) is 6.18. The summed E-state index contributed by atoms with van der Waals surface area (Å²) in [5.41, 5.74) is 2.99. The number of benzene rings is 2. The number of carbonyl (C=O) groups excluding carboxylic acids is 1. The van der Waals surface area contributed by atoms with Gasteiger partial charge in [0, 0.05) is 6.42 Å². The van der Waals surface area contributed by atoms with Gasteiger partial charge in [0.25, 0.3) is 0 Å². The molecule has 0 aliphatic heterocycles. The molecule has 1 aliphatic carbocycles. The zero-order chi connectivity index (χ0) is 21.1. The van der Waals surface area contributed by atoms with Crippen LogP contribution in [-0.4, -0.2) is 26.0 Å². The fraction of sp³-hybridized carbons (Fsp3) is 0.318. The first-order valence-electron chi connectivity index (χ1n) is 10.0. The van der Waals surface area contributed by atoms with Crippen LogP contribution in [0.15, 0.2) is 53.7 Å². The summed E-state index contributed by atoms with van der Waals surface area (Å²) in [4.78, 5) is 12.8. The SMILES string of the molecule is CC(Sc1nnc(Cc2ccccc2F)n1N)C(=O)NC1CCCc2ccccc21. The Morgan fingerprint density at radius 2 is 2.03 bits per heavy atom. The van der Waals surface area contributed by atoms with Crippen LogP contribution in [0.25, 0.3) is 0 Å². The Kier molecular flexibility index (Phi) is 6.03. The number of aryl methyl sites for hydroxylation is 1. The molecular formula is C22H24FN5OS. The van der Waals surface area contributed by atoms with Crippen LogP contribution in [-0.2, 0) is 17.6 Å². The minimum Gasteiger partial charge on any atom is -0.348 e. The van der Waals surface area contributed by atoms with Crippen molar-refractivity contribution in [1.82, 2.24) is 20.2 Å². The van der Waals surface area contributed by atoms with Gasteiger partial charge >= 0.3 is 0 Å². The topological polar surface area (TPSA) is 85.8 Å². The van der Waals surface area contributed by atoms with Crippen molar-refractivity contribution in [2.75, 3.05) is 5.84 Å².